The topological polar surface area (TPSA) is 82.4 Å². The highest BCUT2D eigenvalue weighted by atomic mass is 16.3. The molecule has 4 heterocycles. The standard InChI is InChI=1S/C22H23N3O4/c26-16-6-3-9-24(13-16)14-22(27)25-18(20-8-4-10-28-20)12-17(23-25)21-11-15-5-1-2-7-19(15)29-21/h1-2,4-5,7-8,10-11,16,18,26H,3,6,9,12-14H2. The number of carbonyl (C=O) groups excluding carboxylic acids is 1. The molecule has 0 aliphatic carbocycles. The summed E-state index contributed by atoms with van der Waals surface area (Å²) in [7, 11) is 0. The van der Waals surface area contributed by atoms with E-state index in [9.17, 15) is 9.90 Å². The monoisotopic (exact) mass is 393 g/mol. The molecule has 0 saturated carbocycles. The number of hydrazone groups is 1. The van der Waals surface area contributed by atoms with Gasteiger partial charge in [0.25, 0.3) is 5.91 Å². The van der Waals surface area contributed by atoms with Gasteiger partial charge in [0.05, 0.1) is 18.9 Å². The summed E-state index contributed by atoms with van der Waals surface area (Å²) in [5, 5.41) is 17.1. The number of fused-ring (bicyclic) bond motifs is 1. The van der Waals surface area contributed by atoms with Gasteiger partial charge in [-0.3, -0.25) is 9.69 Å². The lowest BCUT2D eigenvalue weighted by Crippen LogP contribution is -2.44. The van der Waals surface area contributed by atoms with Gasteiger partial charge in [-0.1, -0.05) is 18.2 Å². The van der Waals surface area contributed by atoms with Crippen LogP contribution in [0.15, 0.2) is 62.7 Å². The van der Waals surface area contributed by atoms with Crippen LogP contribution in [0.3, 0.4) is 0 Å². The van der Waals surface area contributed by atoms with Crippen LogP contribution in [0.2, 0.25) is 0 Å². The quantitative estimate of drug-likeness (QED) is 0.736. The van der Waals surface area contributed by atoms with Gasteiger partial charge in [0.2, 0.25) is 0 Å². The van der Waals surface area contributed by atoms with Crippen molar-refractivity contribution in [1.82, 2.24) is 9.91 Å². The minimum absolute atomic E-state index is 0.105. The molecule has 2 aromatic heterocycles. The first-order valence-electron chi connectivity index (χ1n) is 10.00. The number of aliphatic hydroxyl groups excluding tert-OH is 1. The first-order chi connectivity index (χ1) is 14.2. The van der Waals surface area contributed by atoms with E-state index in [1.54, 1.807) is 6.26 Å². The minimum Gasteiger partial charge on any atom is -0.467 e. The predicted octanol–water partition coefficient (Wildman–Crippen LogP) is 3.16. The molecular weight excluding hydrogens is 370 g/mol. The Morgan fingerprint density at radius 3 is 2.93 bits per heavy atom. The van der Waals surface area contributed by atoms with Crippen molar-refractivity contribution >= 4 is 22.6 Å². The number of amides is 1. The fourth-order valence-electron chi connectivity index (χ4n) is 4.15. The van der Waals surface area contributed by atoms with Crippen molar-refractivity contribution in [3.05, 3.63) is 60.2 Å². The summed E-state index contributed by atoms with van der Waals surface area (Å²) >= 11 is 0. The van der Waals surface area contributed by atoms with E-state index in [4.69, 9.17) is 8.83 Å². The molecule has 2 aliphatic rings. The second kappa shape index (κ2) is 7.50. The van der Waals surface area contributed by atoms with Crippen LogP contribution >= 0.6 is 0 Å². The molecule has 2 aliphatic heterocycles. The van der Waals surface area contributed by atoms with Crippen molar-refractivity contribution in [1.29, 1.82) is 0 Å². The highest BCUT2D eigenvalue weighted by Gasteiger charge is 2.36. The van der Waals surface area contributed by atoms with Crippen LogP contribution in [0, 0.1) is 0 Å². The van der Waals surface area contributed by atoms with Gasteiger partial charge in [0.15, 0.2) is 5.76 Å². The van der Waals surface area contributed by atoms with Gasteiger partial charge in [0.1, 0.15) is 23.1 Å². The average Bonchev–Trinajstić information content (AvgIpc) is 3.45. The number of aliphatic hydroxyl groups is 1. The molecule has 0 radical (unpaired) electrons. The molecule has 0 bridgehead atoms. The van der Waals surface area contributed by atoms with Gasteiger partial charge < -0.3 is 13.9 Å². The summed E-state index contributed by atoms with van der Waals surface area (Å²) < 4.78 is 11.6. The molecule has 1 fully saturated rings. The molecule has 29 heavy (non-hydrogen) atoms. The van der Waals surface area contributed by atoms with Crippen LogP contribution in [-0.2, 0) is 4.79 Å². The molecule has 0 spiro atoms. The summed E-state index contributed by atoms with van der Waals surface area (Å²) in [5.74, 6) is 1.27. The number of benzene rings is 1. The zero-order valence-electron chi connectivity index (χ0n) is 16.0. The van der Waals surface area contributed by atoms with Crippen LogP contribution in [-0.4, -0.2) is 52.4 Å². The summed E-state index contributed by atoms with van der Waals surface area (Å²) in [5.41, 5.74) is 1.53. The van der Waals surface area contributed by atoms with Gasteiger partial charge in [0, 0.05) is 18.4 Å². The number of furan rings is 2. The highest BCUT2D eigenvalue weighted by molar-refractivity contribution is 6.03. The Morgan fingerprint density at radius 1 is 1.24 bits per heavy atom. The first-order valence-corrected chi connectivity index (χ1v) is 10.00. The van der Waals surface area contributed by atoms with Gasteiger partial charge in [-0.15, -0.1) is 0 Å². The Bertz CT molecular complexity index is 1010. The second-order valence-corrected chi connectivity index (χ2v) is 7.70. The second-order valence-electron chi connectivity index (χ2n) is 7.70. The number of para-hydroxylation sites is 1. The molecule has 1 saturated heterocycles. The fraction of sp³-hybridized carbons (Fsp3) is 0.364. The molecule has 3 aromatic rings. The van der Waals surface area contributed by atoms with Crippen LogP contribution in [0.25, 0.3) is 11.0 Å². The van der Waals surface area contributed by atoms with Crippen LogP contribution in [0.1, 0.15) is 36.8 Å². The molecule has 7 nitrogen and oxygen atoms in total. The van der Waals surface area contributed by atoms with Crippen molar-refractivity contribution in [2.24, 2.45) is 5.10 Å². The summed E-state index contributed by atoms with van der Waals surface area (Å²) in [4.78, 5) is 15.1. The summed E-state index contributed by atoms with van der Waals surface area (Å²) in [6.07, 6.45) is 3.45. The maximum Gasteiger partial charge on any atom is 0.257 e. The van der Waals surface area contributed by atoms with E-state index in [0.717, 1.165) is 36.1 Å². The van der Waals surface area contributed by atoms with Gasteiger partial charge in [-0.25, -0.2) is 5.01 Å². The lowest BCUT2D eigenvalue weighted by molar-refractivity contribution is -0.135. The van der Waals surface area contributed by atoms with Gasteiger partial charge in [-0.05, 0) is 43.7 Å². The number of piperidine rings is 1. The SMILES string of the molecule is O=C(CN1CCCC(O)C1)N1N=C(c2cc3ccccc3o2)CC1c1ccco1. The van der Waals surface area contributed by atoms with E-state index >= 15 is 0 Å². The molecule has 2 unspecified atom stereocenters. The highest BCUT2D eigenvalue weighted by Crippen LogP contribution is 2.34. The third-order valence-corrected chi connectivity index (χ3v) is 5.59. The Kier molecular flexibility index (Phi) is 4.69. The summed E-state index contributed by atoms with van der Waals surface area (Å²) in [6, 6.07) is 13.2. The van der Waals surface area contributed by atoms with Crippen molar-refractivity contribution in [2.75, 3.05) is 19.6 Å². The van der Waals surface area contributed by atoms with E-state index in [2.05, 4.69) is 5.10 Å². The molecule has 150 valence electrons. The van der Waals surface area contributed by atoms with E-state index in [1.807, 2.05) is 47.4 Å². The Hall–Kier alpha value is -2.90. The number of β-amino-alcohol motifs (C(OH)–C–C–N with tert-alkyl or cyclic N) is 1. The van der Waals surface area contributed by atoms with Gasteiger partial charge >= 0.3 is 0 Å². The third-order valence-electron chi connectivity index (χ3n) is 5.59. The van der Waals surface area contributed by atoms with Gasteiger partial charge in [-0.2, -0.15) is 5.10 Å². The smallest absolute Gasteiger partial charge is 0.257 e. The molecule has 1 aromatic carbocycles. The zero-order chi connectivity index (χ0) is 19.8. The Balaban J connectivity index is 1.42. The van der Waals surface area contributed by atoms with Crippen LogP contribution in [0.5, 0.6) is 0 Å². The average molecular weight is 393 g/mol. The number of likely N-dealkylation sites (tertiary alicyclic amines) is 1. The lowest BCUT2D eigenvalue weighted by Gasteiger charge is -2.31. The molecule has 5 rings (SSSR count). The molecule has 7 heteroatoms. The lowest BCUT2D eigenvalue weighted by atomic mass is 10.1. The number of hydrogen-bond acceptors (Lipinski definition) is 6. The largest absolute Gasteiger partial charge is 0.467 e. The number of rotatable bonds is 4. The van der Waals surface area contributed by atoms with E-state index < -0.39 is 0 Å². The number of hydrogen-bond donors (Lipinski definition) is 1. The minimum atomic E-state index is -0.370. The third kappa shape index (κ3) is 3.59. The van der Waals surface area contributed by atoms with Crippen LogP contribution < -0.4 is 0 Å². The summed E-state index contributed by atoms with van der Waals surface area (Å²) in [6.45, 7) is 1.55. The fourth-order valence-corrected chi connectivity index (χ4v) is 4.15. The van der Waals surface area contributed by atoms with Crippen molar-refractivity contribution < 1.29 is 18.7 Å². The van der Waals surface area contributed by atoms with E-state index in [0.29, 0.717) is 24.5 Å². The molecular formula is C22H23N3O4. The molecule has 1 N–H and O–H groups in total. The Labute approximate surface area is 168 Å². The molecule has 1 amide bonds. The number of nitrogens with zero attached hydrogens (tertiary/aromatic N) is 3. The number of carbonyl (C=O) groups is 1. The van der Waals surface area contributed by atoms with E-state index in [-0.39, 0.29) is 24.6 Å². The predicted molar refractivity (Wildman–Crippen MR) is 107 cm³/mol. The zero-order valence-corrected chi connectivity index (χ0v) is 16.0. The normalized spacial score (nSPS) is 22.9. The van der Waals surface area contributed by atoms with Crippen molar-refractivity contribution in [3.8, 4) is 0 Å². The maximum absolute atomic E-state index is 13.1. The van der Waals surface area contributed by atoms with Crippen molar-refractivity contribution in [3.63, 3.8) is 0 Å². The Morgan fingerprint density at radius 2 is 2.14 bits per heavy atom. The molecule has 2 atom stereocenters. The maximum atomic E-state index is 13.1. The van der Waals surface area contributed by atoms with E-state index in [1.165, 1.54) is 5.01 Å². The van der Waals surface area contributed by atoms with Crippen molar-refractivity contribution in [2.45, 2.75) is 31.4 Å². The first kappa shape index (κ1) is 18.1. The van der Waals surface area contributed by atoms with Crippen LogP contribution in [0.4, 0.5) is 0 Å².